The van der Waals surface area contributed by atoms with Gasteiger partial charge in [-0.1, -0.05) is 6.92 Å². The summed E-state index contributed by atoms with van der Waals surface area (Å²) in [5.41, 5.74) is 5.39. The summed E-state index contributed by atoms with van der Waals surface area (Å²) in [6, 6.07) is 3.15. The van der Waals surface area contributed by atoms with Gasteiger partial charge in [0.1, 0.15) is 17.4 Å². The van der Waals surface area contributed by atoms with E-state index in [4.69, 9.17) is 10.5 Å². The summed E-state index contributed by atoms with van der Waals surface area (Å²) >= 11 is 0. The SMILES string of the molecule is CCC(CCN)Oc1cc(F)cc(F)c1. The zero-order valence-corrected chi connectivity index (χ0v) is 8.67. The van der Waals surface area contributed by atoms with E-state index in [0.29, 0.717) is 13.0 Å². The van der Waals surface area contributed by atoms with Gasteiger partial charge in [0.2, 0.25) is 0 Å². The second-order valence-corrected chi connectivity index (χ2v) is 3.33. The normalized spacial score (nSPS) is 12.5. The molecule has 2 nitrogen and oxygen atoms in total. The van der Waals surface area contributed by atoms with Crippen molar-refractivity contribution in [2.24, 2.45) is 5.73 Å². The number of benzene rings is 1. The molecule has 0 aromatic heterocycles. The Hall–Kier alpha value is -1.16. The zero-order chi connectivity index (χ0) is 11.3. The van der Waals surface area contributed by atoms with E-state index in [2.05, 4.69) is 0 Å². The summed E-state index contributed by atoms with van der Waals surface area (Å²) in [4.78, 5) is 0. The van der Waals surface area contributed by atoms with Gasteiger partial charge in [0.25, 0.3) is 0 Å². The van der Waals surface area contributed by atoms with E-state index in [1.807, 2.05) is 6.92 Å². The smallest absolute Gasteiger partial charge is 0.129 e. The van der Waals surface area contributed by atoms with Gasteiger partial charge in [-0.25, -0.2) is 8.78 Å². The Balaban J connectivity index is 2.69. The molecule has 1 aromatic carbocycles. The van der Waals surface area contributed by atoms with Crippen molar-refractivity contribution in [2.45, 2.75) is 25.9 Å². The average molecular weight is 215 g/mol. The summed E-state index contributed by atoms with van der Waals surface area (Å²) in [5, 5.41) is 0. The van der Waals surface area contributed by atoms with Gasteiger partial charge in [-0.2, -0.15) is 0 Å². The van der Waals surface area contributed by atoms with E-state index >= 15 is 0 Å². The molecule has 1 aromatic rings. The number of nitrogens with two attached hydrogens (primary N) is 1. The molecule has 2 N–H and O–H groups in total. The Labute approximate surface area is 88.0 Å². The molecule has 84 valence electrons. The minimum Gasteiger partial charge on any atom is -0.490 e. The number of hydrogen-bond donors (Lipinski definition) is 1. The van der Waals surface area contributed by atoms with Crippen molar-refractivity contribution in [3.63, 3.8) is 0 Å². The molecular weight excluding hydrogens is 200 g/mol. The fourth-order valence-corrected chi connectivity index (χ4v) is 1.32. The highest BCUT2D eigenvalue weighted by Crippen LogP contribution is 2.18. The van der Waals surface area contributed by atoms with Crippen molar-refractivity contribution in [1.82, 2.24) is 0 Å². The van der Waals surface area contributed by atoms with E-state index in [1.165, 1.54) is 12.1 Å². The topological polar surface area (TPSA) is 35.2 Å². The lowest BCUT2D eigenvalue weighted by molar-refractivity contribution is 0.188. The summed E-state index contributed by atoms with van der Waals surface area (Å²) in [5.74, 6) is -1.05. The zero-order valence-electron chi connectivity index (χ0n) is 8.67. The van der Waals surface area contributed by atoms with Crippen LogP contribution in [0.5, 0.6) is 5.75 Å². The van der Waals surface area contributed by atoms with Crippen molar-refractivity contribution >= 4 is 0 Å². The minimum absolute atomic E-state index is 0.0869. The summed E-state index contributed by atoms with van der Waals surface area (Å²) < 4.78 is 31.1. The second kappa shape index (κ2) is 5.66. The molecule has 0 bridgehead atoms. The number of rotatable bonds is 5. The van der Waals surface area contributed by atoms with Gasteiger partial charge >= 0.3 is 0 Å². The van der Waals surface area contributed by atoms with Gasteiger partial charge in [0, 0.05) is 18.2 Å². The molecule has 1 atom stereocenters. The van der Waals surface area contributed by atoms with Gasteiger partial charge in [-0.15, -0.1) is 0 Å². The van der Waals surface area contributed by atoms with Crippen molar-refractivity contribution < 1.29 is 13.5 Å². The molecule has 1 rings (SSSR count). The van der Waals surface area contributed by atoms with Crippen molar-refractivity contribution in [3.05, 3.63) is 29.8 Å². The third-order valence-electron chi connectivity index (χ3n) is 2.08. The number of ether oxygens (including phenoxy) is 1. The molecule has 0 spiro atoms. The van der Waals surface area contributed by atoms with Crippen LogP contribution >= 0.6 is 0 Å². The molecule has 0 radical (unpaired) electrons. The molecular formula is C11H15F2NO. The predicted octanol–water partition coefficient (Wildman–Crippen LogP) is 2.47. The Bertz CT molecular complexity index is 297. The molecule has 1 unspecified atom stereocenters. The number of hydrogen-bond acceptors (Lipinski definition) is 2. The highest BCUT2D eigenvalue weighted by atomic mass is 19.1. The van der Waals surface area contributed by atoms with Gasteiger partial charge < -0.3 is 10.5 Å². The van der Waals surface area contributed by atoms with Crippen LogP contribution in [0.3, 0.4) is 0 Å². The molecule has 0 aliphatic carbocycles. The fourth-order valence-electron chi connectivity index (χ4n) is 1.32. The standard InChI is InChI=1S/C11H15F2NO/c1-2-10(3-4-14)15-11-6-8(12)5-9(13)7-11/h5-7,10H,2-4,14H2,1H3. The molecule has 0 saturated heterocycles. The van der Waals surface area contributed by atoms with E-state index in [1.54, 1.807) is 0 Å². The summed E-state index contributed by atoms with van der Waals surface area (Å²) in [7, 11) is 0. The van der Waals surface area contributed by atoms with Crippen LogP contribution in [0.25, 0.3) is 0 Å². The van der Waals surface area contributed by atoms with Crippen LogP contribution in [0, 0.1) is 11.6 Å². The predicted molar refractivity (Wildman–Crippen MR) is 54.7 cm³/mol. The Morgan fingerprint density at radius 2 is 1.87 bits per heavy atom. The number of halogens is 2. The quantitative estimate of drug-likeness (QED) is 0.818. The molecule has 0 saturated carbocycles. The third kappa shape index (κ3) is 3.83. The molecule has 15 heavy (non-hydrogen) atoms. The van der Waals surface area contributed by atoms with E-state index in [0.717, 1.165) is 12.5 Å². The molecule has 0 amide bonds. The van der Waals surface area contributed by atoms with Gasteiger partial charge in [0.05, 0.1) is 6.10 Å². The highest BCUT2D eigenvalue weighted by Gasteiger charge is 2.08. The van der Waals surface area contributed by atoms with Crippen LogP contribution in [0.15, 0.2) is 18.2 Å². The molecule has 0 fully saturated rings. The van der Waals surface area contributed by atoms with Crippen molar-refractivity contribution in [3.8, 4) is 5.75 Å². The van der Waals surface area contributed by atoms with Gasteiger partial charge in [0.15, 0.2) is 0 Å². The summed E-state index contributed by atoms with van der Waals surface area (Å²) in [6.07, 6.45) is 1.35. The van der Waals surface area contributed by atoms with Crippen LogP contribution < -0.4 is 10.5 Å². The van der Waals surface area contributed by atoms with Crippen molar-refractivity contribution in [1.29, 1.82) is 0 Å². The first-order valence-electron chi connectivity index (χ1n) is 4.98. The monoisotopic (exact) mass is 215 g/mol. The van der Waals surface area contributed by atoms with E-state index in [-0.39, 0.29) is 11.9 Å². The maximum absolute atomic E-state index is 12.8. The Morgan fingerprint density at radius 1 is 1.27 bits per heavy atom. The lowest BCUT2D eigenvalue weighted by atomic mass is 10.2. The van der Waals surface area contributed by atoms with Crippen molar-refractivity contribution in [2.75, 3.05) is 6.54 Å². The van der Waals surface area contributed by atoms with Crippen LogP contribution in [-0.2, 0) is 0 Å². The first-order chi connectivity index (χ1) is 7.15. The van der Waals surface area contributed by atoms with Crippen LogP contribution in [0.1, 0.15) is 19.8 Å². The molecule has 0 heterocycles. The fraction of sp³-hybridized carbons (Fsp3) is 0.455. The van der Waals surface area contributed by atoms with E-state index in [9.17, 15) is 8.78 Å². The Morgan fingerprint density at radius 3 is 2.33 bits per heavy atom. The van der Waals surface area contributed by atoms with Crippen LogP contribution in [0.4, 0.5) is 8.78 Å². The molecule has 0 aliphatic heterocycles. The molecule has 4 heteroatoms. The first kappa shape index (κ1) is 11.9. The second-order valence-electron chi connectivity index (χ2n) is 3.33. The van der Waals surface area contributed by atoms with Gasteiger partial charge in [-0.3, -0.25) is 0 Å². The lowest BCUT2D eigenvalue weighted by Gasteiger charge is -2.16. The van der Waals surface area contributed by atoms with Gasteiger partial charge in [-0.05, 0) is 19.4 Å². The first-order valence-corrected chi connectivity index (χ1v) is 4.98. The maximum Gasteiger partial charge on any atom is 0.129 e. The third-order valence-corrected chi connectivity index (χ3v) is 2.08. The molecule has 0 aliphatic rings. The highest BCUT2D eigenvalue weighted by molar-refractivity contribution is 5.24. The van der Waals surface area contributed by atoms with E-state index < -0.39 is 11.6 Å². The minimum atomic E-state index is -0.632. The maximum atomic E-state index is 12.8. The van der Waals surface area contributed by atoms with Crippen LogP contribution in [0.2, 0.25) is 0 Å². The van der Waals surface area contributed by atoms with Crippen LogP contribution in [-0.4, -0.2) is 12.6 Å². The lowest BCUT2D eigenvalue weighted by Crippen LogP contribution is -2.19. The Kier molecular flexibility index (Phi) is 4.49. The summed E-state index contributed by atoms with van der Waals surface area (Å²) in [6.45, 7) is 2.44. The average Bonchev–Trinajstić information content (AvgIpc) is 2.15. The largest absolute Gasteiger partial charge is 0.490 e.